The standard InChI is InChI=1S/C5H7NO.C2H6/c1-5-4-7-3-2-6-5;1-2/h2-4,6H,1H3;1-2H3. The van der Waals surface area contributed by atoms with E-state index in [2.05, 4.69) is 5.32 Å². The van der Waals surface area contributed by atoms with Crippen LogP contribution in [0.1, 0.15) is 20.8 Å². The summed E-state index contributed by atoms with van der Waals surface area (Å²) in [4.78, 5) is 0. The monoisotopic (exact) mass is 127 g/mol. The van der Waals surface area contributed by atoms with E-state index < -0.39 is 0 Å². The van der Waals surface area contributed by atoms with Crippen molar-refractivity contribution in [3.05, 3.63) is 24.4 Å². The van der Waals surface area contributed by atoms with E-state index in [9.17, 15) is 0 Å². The Morgan fingerprint density at radius 1 is 1.44 bits per heavy atom. The first-order valence-electron chi connectivity index (χ1n) is 3.13. The van der Waals surface area contributed by atoms with Gasteiger partial charge in [0.15, 0.2) is 0 Å². The molecule has 0 bridgehead atoms. The molecule has 1 aliphatic rings. The van der Waals surface area contributed by atoms with E-state index in [1.165, 1.54) is 0 Å². The van der Waals surface area contributed by atoms with Crippen LogP contribution in [0.2, 0.25) is 0 Å². The van der Waals surface area contributed by atoms with Crippen LogP contribution in [0.25, 0.3) is 0 Å². The van der Waals surface area contributed by atoms with Crippen LogP contribution in [0.5, 0.6) is 0 Å². The molecule has 0 unspecified atom stereocenters. The molecule has 9 heavy (non-hydrogen) atoms. The largest absolute Gasteiger partial charge is 0.469 e. The van der Waals surface area contributed by atoms with E-state index in [4.69, 9.17) is 4.74 Å². The predicted octanol–water partition coefficient (Wildman–Crippen LogP) is 1.96. The van der Waals surface area contributed by atoms with E-state index >= 15 is 0 Å². The van der Waals surface area contributed by atoms with E-state index in [0.29, 0.717) is 0 Å². The van der Waals surface area contributed by atoms with E-state index in [1.807, 2.05) is 20.8 Å². The quantitative estimate of drug-likeness (QED) is 0.537. The van der Waals surface area contributed by atoms with Crippen LogP contribution in [-0.2, 0) is 4.74 Å². The molecule has 1 N–H and O–H groups in total. The maximum absolute atomic E-state index is 4.78. The molecule has 0 aromatic carbocycles. The Kier molecular flexibility index (Phi) is 4.69. The van der Waals surface area contributed by atoms with Gasteiger partial charge < -0.3 is 10.1 Å². The SMILES string of the molecule is CC.CC1=COC=CN1. The number of rotatable bonds is 0. The summed E-state index contributed by atoms with van der Waals surface area (Å²) in [6.07, 6.45) is 4.99. The third kappa shape index (κ3) is 3.64. The zero-order chi connectivity index (χ0) is 7.11. The summed E-state index contributed by atoms with van der Waals surface area (Å²) in [5.74, 6) is 0. The minimum absolute atomic E-state index is 1.03. The molecule has 0 aromatic heterocycles. The first kappa shape index (κ1) is 8.08. The minimum atomic E-state index is 1.03. The van der Waals surface area contributed by atoms with Gasteiger partial charge in [0, 0.05) is 11.9 Å². The van der Waals surface area contributed by atoms with Crippen molar-refractivity contribution in [1.29, 1.82) is 0 Å². The lowest BCUT2D eigenvalue weighted by Crippen LogP contribution is -2.04. The lowest BCUT2D eigenvalue weighted by molar-refractivity contribution is 0.383. The fourth-order valence-electron chi connectivity index (χ4n) is 0.380. The van der Waals surface area contributed by atoms with Crippen LogP contribution >= 0.6 is 0 Å². The van der Waals surface area contributed by atoms with Gasteiger partial charge in [-0.3, -0.25) is 0 Å². The maximum Gasteiger partial charge on any atom is 0.109 e. The van der Waals surface area contributed by atoms with Gasteiger partial charge in [-0.05, 0) is 6.92 Å². The summed E-state index contributed by atoms with van der Waals surface area (Å²) in [6, 6.07) is 0. The Hall–Kier alpha value is -0.920. The van der Waals surface area contributed by atoms with Crippen molar-refractivity contribution in [2.45, 2.75) is 20.8 Å². The number of hydrogen-bond donors (Lipinski definition) is 1. The smallest absolute Gasteiger partial charge is 0.109 e. The fraction of sp³-hybridized carbons (Fsp3) is 0.429. The first-order valence-corrected chi connectivity index (χ1v) is 3.13. The number of nitrogens with one attached hydrogen (secondary N) is 1. The van der Waals surface area contributed by atoms with E-state index in [-0.39, 0.29) is 0 Å². The molecule has 0 aromatic rings. The average molecular weight is 127 g/mol. The third-order valence-corrected chi connectivity index (χ3v) is 0.702. The Bertz CT molecular complexity index is 116. The molecule has 0 fully saturated rings. The molecule has 2 nitrogen and oxygen atoms in total. The first-order chi connectivity index (χ1) is 4.39. The fourth-order valence-corrected chi connectivity index (χ4v) is 0.380. The zero-order valence-corrected chi connectivity index (χ0v) is 6.14. The third-order valence-electron chi connectivity index (χ3n) is 0.702. The van der Waals surface area contributed by atoms with Crippen molar-refractivity contribution in [3.8, 4) is 0 Å². The highest BCUT2D eigenvalue weighted by Gasteiger charge is 1.85. The Balaban J connectivity index is 0.000000291. The van der Waals surface area contributed by atoms with E-state index in [0.717, 1.165) is 5.70 Å². The summed E-state index contributed by atoms with van der Waals surface area (Å²) in [5.41, 5.74) is 1.03. The molecule has 0 atom stereocenters. The summed E-state index contributed by atoms with van der Waals surface area (Å²) >= 11 is 0. The Morgan fingerprint density at radius 3 is 2.33 bits per heavy atom. The Morgan fingerprint density at radius 2 is 2.11 bits per heavy atom. The normalized spacial score (nSPS) is 13.9. The molecular formula is C7H13NO. The minimum Gasteiger partial charge on any atom is -0.469 e. The maximum atomic E-state index is 4.78. The van der Waals surface area contributed by atoms with Crippen LogP contribution in [0.4, 0.5) is 0 Å². The van der Waals surface area contributed by atoms with Crippen LogP contribution in [0.3, 0.4) is 0 Å². The number of ether oxygens (including phenoxy) is 1. The second kappa shape index (κ2) is 5.22. The summed E-state index contributed by atoms with van der Waals surface area (Å²) in [6.45, 7) is 5.93. The molecule has 52 valence electrons. The van der Waals surface area contributed by atoms with Gasteiger partial charge in [0.2, 0.25) is 0 Å². The van der Waals surface area contributed by atoms with Crippen LogP contribution in [-0.4, -0.2) is 0 Å². The molecule has 1 rings (SSSR count). The van der Waals surface area contributed by atoms with E-state index in [1.54, 1.807) is 18.7 Å². The van der Waals surface area contributed by atoms with Gasteiger partial charge in [-0.2, -0.15) is 0 Å². The predicted molar refractivity (Wildman–Crippen MR) is 38.5 cm³/mol. The van der Waals surface area contributed by atoms with Crippen molar-refractivity contribution >= 4 is 0 Å². The van der Waals surface area contributed by atoms with Gasteiger partial charge in [0.05, 0.1) is 0 Å². The highest BCUT2D eigenvalue weighted by molar-refractivity contribution is 4.99. The van der Waals surface area contributed by atoms with Gasteiger partial charge >= 0.3 is 0 Å². The molecule has 0 spiro atoms. The number of hydrogen-bond acceptors (Lipinski definition) is 2. The van der Waals surface area contributed by atoms with Crippen molar-refractivity contribution in [3.63, 3.8) is 0 Å². The molecule has 1 aliphatic heterocycles. The Labute approximate surface area is 56.2 Å². The summed E-state index contributed by atoms with van der Waals surface area (Å²) in [5, 5.41) is 2.94. The second-order valence-corrected chi connectivity index (χ2v) is 1.38. The van der Waals surface area contributed by atoms with Crippen molar-refractivity contribution in [2.24, 2.45) is 0 Å². The van der Waals surface area contributed by atoms with Gasteiger partial charge in [-0.15, -0.1) is 0 Å². The van der Waals surface area contributed by atoms with Gasteiger partial charge in [-0.25, -0.2) is 0 Å². The molecule has 0 radical (unpaired) electrons. The lowest BCUT2D eigenvalue weighted by atomic mass is 10.5. The summed E-state index contributed by atoms with van der Waals surface area (Å²) < 4.78 is 4.78. The zero-order valence-electron chi connectivity index (χ0n) is 6.14. The van der Waals surface area contributed by atoms with Crippen molar-refractivity contribution < 1.29 is 4.74 Å². The van der Waals surface area contributed by atoms with Gasteiger partial charge in [0.1, 0.15) is 12.5 Å². The molecule has 0 saturated heterocycles. The van der Waals surface area contributed by atoms with Crippen molar-refractivity contribution in [2.75, 3.05) is 0 Å². The molecule has 1 heterocycles. The van der Waals surface area contributed by atoms with Crippen molar-refractivity contribution in [1.82, 2.24) is 5.32 Å². The lowest BCUT2D eigenvalue weighted by Gasteiger charge is -2.03. The van der Waals surface area contributed by atoms with Crippen LogP contribution < -0.4 is 5.32 Å². The molecule has 0 aliphatic carbocycles. The number of allylic oxidation sites excluding steroid dienone is 1. The highest BCUT2D eigenvalue weighted by Crippen LogP contribution is 1.92. The molecule has 2 heteroatoms. The molecule has 0 saturated carbocycles. The van der Waals surface area contributed by atoms with Gasteiger partial charge in [0.25, 0.3) is 0 Å². The molecular weight excluding hydrogens is 114 g/mol. The highest BCUT2D eigenvalue weighted by atomic mass is 16.5. The van der Waals surface area contributed by atoms with Crippen LogP contribution in [0, 0.1) is 0 Å². The second-order valence-electron chi connectivity index (χ2n) is 1.38. The molecule has 0 amide bonds. The topological polar surface area (TPSA) is 21.3 Å². The van der Waals surface area contributed by atoms with Gasteiger partial charge in [-0.1, -0.05) is 13.8 Å². The summed E-state index contributed by atoms with van der Waals surface area (Å²) in [7, 11) is 0. The average Bonchev–Trinajstić information content (AvgIpc) is 1.94. The van der Waals surface area contributed by atoms with Crippen LogP contribution in [0.15, 0.2) is 24.4 Å².